The quantitative estimate of drug-likeness (QED) is 0.884. The Kier molecular flexibility index (Phi) is 5.19. The van der Waals surface area contributed by atoms with Crippen LogP contribution in [0.5, 0.6) is 6.01 Å². The standard InChI is InChI=1S/C13H15BrN4OS/c1-8(2)19-12-16-11(15-3)17-13(18-12)20-10-6-4-9(14)5-7-10/h4-8H,1-3H3,(H,15,16,17,18). The average molecular weight is 355 g/mol. The van der Waals surface area contributed by atoms with Gasteiger partial charge in [-0.1, -0.05) is 15.9 Å². The van der Waals surface area contributed by atoms with Gasteiger partial charge in [0.25, 0.3) is 0 Å². The zero-order valence-electron chi connectivity index (χ0n) is 11.4. The molecule has 2 rings (SSSR count). The molecule has 106 valence electrons. The molecule has 0 amide bonds. The molecule has 0 fully saturated rings. The van der Waals surface area contributed by atoms with Crippen molar-refractivity contribution < 1.29 is 4.74 Å². The van der Waals surface area contributed by atoms with Crippen molar-refractivity contribution in [3.05, 3.63) is 28.7 Å². The van der Waals surface area contributed by atoms with Crippen LogP contribution < -0.4 is 10.1 Å². The molecule has 0 spiro atoms. The van der Waals surface area contributed by atoms with Crippen LogP contribution in [-0.2, 0) is 0 Å². The highest BCUT2D eigenvalue weighted by Gasteiger charge is 2.09. The van der Waals surface area contributed by atoms with E-state index in [4.69, 9.17) is 4.74 Å². The third kappa shape index (κ3) is 4.35. The van der Waals surface area contributed by atoms with Crippen molar-refractivity contribution in [1.29, 1.82) is 0 Å². The molecule has 0 saturated carbocycles. The van der Waals surface area contributed by atoms with Gasteiger partial charge in [0, 0.05) is 16.4 Å². The third-order valence-electron chi connectivity index (χ3n) is 2.18. The lowest BCUT2D eigenvalue weighted by Gasteiger charge is -2.10. The molecule has 1 aromatic heterocycles. The minimum atomic E-state index is 0.0210. The summed E-state index contributed by atoms with van der Waals surface area (Å²) in [5, 5.41) is 3.51. The zero-order chi connectivity index (χ0) is 14.5. The lowest BCUT2D eigenvalue weighted by atomic mass is 10.4. The van der Waals surface area contributed by atoms with Crippen molar-refractivity contribution in [1.82, 2.24) is 15.0 Å². The van der Waals surface area contributed by atoms with Crippen LogP contribution in [0.3, 0.4) is 0 Å². The van der Waals surface area contributed by atoms with Crippen LogP contribution in [-0.4, -0.2) is 28.1 Å². The number of rotatable bonds is 5. The zero-order valence-corrected chi connectivity index (χ0v) is 13.8. The number of anilines is 1. The van der Waals surface area contributed by atoms with Gasteiger partial charge in [-0.25, -0.2) is 0 Å². The Balaban J connectivity index is 2.23. The second-order valence-electron chi connectivity index (χ2n) is 4.20. The van der Waals surface area contributed by atoms with E-state index in [0.29, 0.717) is 17.1 Å². The van der Waals surface area contributed by atoms with E-state index >= 15 is 0 Å². The lowest BCUT2D eigenvalue weighted by molar-refractivity contribution is 0.219. The third-order valence-corrected chi connectivity index (χ3v) is 3.58. The maximum atomic E-state index is 5.53. The van der Waals surface area contributed by atoms with Gasteiger partial charge in [0.2, 0.25) is 11.1 Å². The van der Waals surface area contributed by atoms with Crippen molar-refractivity contribution in [3.63, 3.8) is 0 Å². The molecular formula is C13H15BrN4OS. The van der Waals surface area contributed by atoms with Crippen molar-refractivity contribution in [3.8, 4) is 6.01 Å². The topological polar surface area (TPSA) is 59.9 Å². The van der Waals surface area contributed by atoms with E-state index in [-0.39, 0.29) is 6.10 Å². The van der Waals surface area contributed by atoms with Crippen LogP contribution in [0.25, 0.3) is 0 Å². The van der Waals surface area contributed by atoms with E-state index in [1.807, 2.05) is 38.1 Å². The second-order valence-corrected chi connectivity index (χ2v) is 6.15. The normalized spacial score (nSPS) is 10.7. The van der Waals surface area contributed by atoms with Crippen LogP contribution >= 0.6 is 27.7 Å². The molecule has 0 aliphatic heterocycles. The number of ether oxygens (including phenoxy) is 1. The summed E-state index contributed by atoms with van der Waals surface area (Å²) in [6.45, 7) is 3.87. The second kappa shape index (κ2) is 6.90. The van der Waals surface area contributed by atoms with Gasteiger partial charge < -0.3 is 10.1 Å². The predicted octanol–water partition coefficient (Wildman–Crippen LogP) is 3.61. The number of benzene rings is 1. The highest BCUT2D eigenvalue weighted by atomic mass is 79.9. The Hall–Kier alpha value is -1.34. The minimum Gasteiger partial charge on any atom is -0.461 e. The average Bonchev–Trinajstić information content (AvgIpc) is 2.40. The Morgan fingerprint density at radius 1 is 1.15 bits per heavy atom. The largest absolute Gasteiger partial charge is 0.461 e. The first-order valence-corrected chi connectivity index (χ1v) is 7.71. The fourth-order valence-electron chi connectivity index (χ4n) is 1.37. The van der Waals surface area contributed by atoms with Gasteiger partial charge in [-0.2, -0.15) is 15.0 Å². The Labute approximate surface area is 130 Å². The van der Waals surface area contributed by atoms with Gasteiger partial charge in [-0.3, -0.25) is 0 Å². The number of hydrogen-bond acceptors (Lipinski definition) is 6. The molecular weight excluding hydrogens is 340 g/mol. The van der Waals surface area contributed by atoms with Crippen molar-refractivity contribution in [2.45, 2.75) is 30.0 Å². The molecule has 0 unspecified atom stereocenters. The monoisotopic (exact) mass is 354 g/mol. The first-order chi connectivity index (χ1) is 9.56. The molecule has 1 heterocycles. The Bertz CT molecular complexity index is 577. The highest BCUT2D eigenvalue weighted by Crippen LogP contribution is 2.27. The summed E-state index contributed by atoms with van der Waals surface area (Å²) in [7, 11) is 1.77. The first kappa shape index (κ1) is 15.1. The molecule has 1 N–H and O–H groups in total. The molecule has 0 aliphatic rings. The summed E-state index contributed by atoms with van der Waals surface area (Å²) in [6.07, 6.45) is 0.0210. The van der Waals surface area contributed by atoms with Crippen LogP contribution in [0.4, 0.5) is 5.95 Å². The minimum absolute atomic E-state index is 0.0210. The summed E-state index contributed by atoms with van der Waals surface area (Å²) in [5.74, 6) is 0.496. The van der Waals surface area contributed by atoms with Gasteiger partial charge in [0.1, 0.15) is 0 Å². The van der Waals surface area contributed by atoms with Gasteiger partial charge in [0.05, 0.1) is 6.10 Å². The SMILES string of the molecule is CNc1nc(OC(C)C)nc(Sc2ccc(Br)cc2)n1. The molecule has 0 radical (unpaired) electrons. The maximum absolute atomic E-state index is 5.53. The molecule has 5 nitrogen and oxygen atoms in total. The number of halogens is 1. The van der Waals surface area contributed by atoms with Gasteiger partial charge in [0.15, 0.2) is 0 Å². The number of nitrogens with one attached hydrogen (secondary N) is 1. The molecule has 1 aromatic carbocycles. The van der Waals surface area contributed by atoms with Crippen molar-refractivity contribution >= 4 is 33.6 Å². The molecule has 2 aromatic rings. The number of hydrogen-bond donors (Lipinski definition) is 1. The van der Waals surface area contributed by atoms with Gasteiger partial charge in [-0.15, -0.1) is 0 Å². The van der Waals surface area contributed by atoms with E-state index in [9.17, 15) is 0 Å². The highest BCUT2D eigenvalue weighted by molar-refractivity contribution is 9.10. The molecule has 0 aliphatic carbocycles. The summed E-state index contributed by atoms with van der Waals surface area (Å²) < 4.78 is 6.57. The molecule has 7 heteroatoms. The van der Waals surface area contributed by atoms with E-state index < -0.39 is 0 Å². The predicted molar refractivity (Wildman–Crippen MR) is 83.4 cm³/mol. The van der Waals surface area contributed by atoms with E-state index in [0.717, 1.165) is 9.37 Å². The number of aromatic nitrogens is 3. The fourth-order valence-corrected chi connectivity index (χ4v) is 2.37. The van der Waals surface area contributed by atoms with Crippen LogP contribution in [0.1, 0.15) is 13.8 Å². The van der Waals surface area contributed by atoms with Crippen LogP contribution in [0, 0.1) is 0 Å². The van der Waals surface area contributed by atoms with E-state index in [2.05, 4.69) is 36.2 Å². The molecule has 20 heavy (non-hydrogen) atoms. The Morgan fingerprint density at radius 3 is 2.45 bits per heavy atom. The maximum Gasteiger partial charge on any atom is 0.322 e. The summed E-state index contributed by atoms with van der Waals surface area (Å²) in [6, 6.07) is 8.29. The van der Waals surface area contributed by atoms with Crippen LogP contribution in [0.2, 0.25) is 0 Å². The first-order valence-electron chi connectivity index (χ1n) is 6.10. The van der Waals surface area contributed by atoms with E-state index in [1.54, 1.807) is 7.05 Å². The van der Waals surface area contributed by atoms with Crippen molar-refractivity contribution in [2.75, 3.05) is 12.4 Å². The molecule has 0 atom stereocenters. The Morgan fingerprint density at radius 2 is 1.85 bits per heavy atom. The van der Waals surface area contributed by atoms with Gasteiger partial charge >= 0.3 is 6.01 Å². The summed E-state index contributed by atoms with van der Waals surface area (Å²) in [5.41, 5.74) is 0. The smallest absolute Gasteiger partial charge is 0.322 e. The summed E-state index contributed by atoms with van der Waals surface area (Å²) in [4.78, 5) is 13.8. The number of nitrogens with zero attached hydrogens (tertiary/aromatic N) is 3. The van der Waals surface area contributed by atoms with Crippen LogP contribution in [0.15, 0.2) is 38.8 Å². The lowest BCUT2D eigenvalue weighted by Crippen LogP contribution is -2.10. The summed E-state index contributed by atoms with van der Waals surface area (Å²) >= 11 is 4.88. The molecule has 0 bridgehead atoms. The van der Waals surface area contributed by atoms with E-state index in [1.165, 1.54) is 11.8 Å². The van der Waals surface area contributed by atoms with Crippen molar-refractivity contribution in [2.24, 2.45) is 0 Å². The fraction of sp³-hybridized carbons (Fsp3) is 0.308. The van der Waals surface area contributed by atoms with Gasteiger partial charge in [-0.05, 0) is 49.9 Å². The molecule has 0 saturated heterocycles.